The number of hydrogen-bond donors (Lipinski definition) is 12. The molecular formula is C96H171NO18. The fourth-order valence-electron chi connectivity index (χ4n) is 15.5. The molecule has 19 heteroatoms. The molecule has 3 heterocycles. The minimum Gasteiger partial charge on any atom is -0.394 e. The summed E-state index contributed by atoms with van der Waals surface area (Å²) in [5.74, 6) is -0.281. The molecule has 3 aliphatic heterocycles. The maximum Gasteiger partial charge on any atom is 0.220 e. The number of aliphatic hydroxyl groups excluding tert-OH is 11. The van der Waals surface area contributed by atoms with Gasteiger partial charge in [0.2, 0.25) is 5.91 Å². The second-order valence-electron chi connectivity index (χ2n) is 33.1. The van der Waals surface area contributed by atoms with Crippen molar-refractivity contribution in [3.63, 3.8) is 0 Å². The Morgan fingerprint density at radius 3 is 0.974 bits per heavy atom. The third-order valence-electron chi connectivity index (χ3n) is 22.9. The van der Waals surface area contributed by atoms with Crippen LogP contribution >= 0.6 is 0 Å². The molecule has 0 aromatic carbocycles. The van der Waals surface area contributed by atoms with E-state index in [1.165, 1.54) is 263 Å². The maximum atomic E-state index is 13.5. The van der Waals surface area contributed by atoms with Gasteiger partial charge >= 0.3 is 0 Å². The Bertz CT molecular complexity index is 2450. The number of hydrogen-bond acceptors (Lipinski definition) is 18. The summed E-state index contributed by atoms with van der Waals surface area (Å²) in [7, 11) is 0. The summed E-state index contributed by atoms with van der Waals surface area (Å²) in [6, 6.07) is -0.996. The highest BCUT2D eigenvalue weighted by Crippen LogP contribution is 2.34. The lowest BCUT2D eigenvalue weighted by molar-refractivity contribution is -0.379. The van der Waals surface area contributed by atoms with Gasteiger partial charge in [0.05, 0.1) is 38.6 Å². The van der Waals surface area contributed by atoms with Crippen molar-refractivity contribution >= 4 is 5.91 Å². The molecular weight excluding hydrogens is 1460 g/mol. The molecule has 0 aromatic heterocycles. The van der Waals surface area contributed by atoms with Crippen LogP contribution in [-0.4, -0.2) is 193 Å². The molecule has 1 amide bonds. The number of ether oxygens (including phenoxy) is 6. The van der Waals surface area contributed by atoms with Gasteiger partial charge in [0.1, 0.15) is 73.2 Å². The predicted octanol–water partition coefficient (Wildman–Crippen LogP) is 18.6. The van der Waals surface area contributed by atoms with Crippen molar-refractivity contribution in [2.45, 2.75) is 478 Å². The average molecular weight is 1630 g/mol. The van der Waals surface area contributed by atoms with E-state index in [1.54, 1.807) is 6.08 Å². The molecule has 17 atom stereocenters. The number of unbranched alkanes of at least 4 members (excludes halogenated alkanes) is 46. The highest BCUT2D eigenvalue weighted by molar-refractivity contribution is 5.76. The first-order chi connectivity index (χ1) is 56.3. The predicted molar refractivity (Wildman–Crippen MR) is 466 cm³/mol. The van der Waals surface area contributed by atoms with Gasteiger partial charge in [-0.3, -0.25) is 4.79 Å². The molecule has 3 aliphatic rings. The second kappa shape index (κ2) is 74.5. The van der Waals surface area contributed by atoms with Crippen LogP contribution in [0.25, 0.3) is 0 Å². The van der Waals surface area contributed by atoms with Crippen LogP contribution in [0.5, 0.6) is 0 Å². The zero-order chi connectivity index (χ0) is 83.1. The highest BCUT2D eigenvalue weighted by atomic mass is 16.8. The van der Waals surface area contributed by atoms with Gasteiger partial charge in [0.25, 0.3) is 0 Å². The van der Waals surface area contributed by atoms with Crippen LogP contribution in [0.3, 0.4) is 0 Å². The molecule has 0 bridgehead atoms. The molecule has 0 aliphatic carbocycles. The van der Waals surface area contributed by atoms with Gasteiger partial charge in [0.15, 0.2) is 18.9 Å². The highest BCUT2D eigenvalue weighted by Gasteiger charge is 2.54. The fraction of sp³-hybridized carbons (Fsp3) is 0.823. The van der Waals surface area contributed by atoms with Crippen LogP contribution in [-0.2, 0) is 33.2 Å². The van der Waals surface area contributed by atoms with Gasteiger partial charge in [-0.15, -0.1) is 0 Å². The SMILES string of the molecule is CC/C=C\C/C=C\C/C=C\C/C=C\C/C=C\C/C=C\CCCCCCCCCCCCCCCCCCCCCCC(=O)NC(COC1OC(CO)C(OC2OC(CO)C(OC3OC(CO)C(O)C(O)C3O)C(O)C2O)C(O)C1O)C(O)/C=C/CC/C=C/CCCCCCCCCCCCCCCCCCCCCCCCCCC. The van der Waals surface area contributed by atoms with Crippen LogP contribution in [0.15, 0.2) is 97.2 Å². The van der Waals surface area contributed by atoms with E-state index >= 15 is 0 Å². The van der Waals surface area contributed by atoms with Gasteiger partial charge in [-0.2, -0.15) is 0 Å². The molecule has 3 rings (SSSR count). The molecule has 3 fully saturated rings. The van der Waals surface area contributed by atoms with Gasteiger partial charge in [-0.1, -0.05) is 381 Å². The Balaban J connectivity index is 1.31. The van der Waals surface area contributed by atoms with Crippen LogP contribution in [0, 0.1) is 0 Å². The van der Waals surface area contributed by atoms with Crippen molar-refractivity contribution in [3.05, 3.63) is 97.2 Å². The lowest BCUT2D eigenvalue weighted by atomic mass is 9.96. The number of carbonyl (C=O) groups is 1. The van der Waals surface area contributed by atoms with Crippen molar-refractivity contribution < 1.29 is 89.4 Å². The Labute approximate surface area is 698 Å². The summed E-state index contributed by atoms with van der Waals surface area (Å²) >= 11 is 0. The Kier molecular flexibility index (Phi) is 68.6. The Hall–Kier alpha value is -3.29. The van der Waals surface area contributed by atoms with Crippen LogP contribution in [0.2, 0.25) is 0 Å². The molecule has 17 unspecified atom stereocenters. The lowest BCUT2D eigenvalue weighted by Crippen LogP contribution is -2.66. The number of nitrogens with one attached hydrogen (secondary N) is 1. The largest absolute Gasteiger partial charge is 0.394 e. The van der Waals surface area contributed by atoms with Crippen molar-refractivity contribution in [2.75, 3.05) is 26.4 Å². The molecule has 0 aromatic rings. The number of carbonyl (C=O) groups excluding carboxylic acids is 1. The van der Waals surface area contributed by atoms with Gasteiger partial charge in [-0.25, -0.2) is 0 Å². The molecule has 12 N–H and O–H groups in total. The van der Waals surface area contributed by atoms with E-state index in [9.17, 15) is 61.0 Å². The lowest BCUT2D eigenvalue weighted by Gasteiger charge is -2.48. The van der Waals surface area contributed by atoms with E-state index in [0.717, 1.165) is 77.0 Å². The molecule has 0 saturated carbocycles. The van der Waals surface area contributed by atoms with Crippen molar-refractivity contribution in [3.8, 4) is 0 Å². The zero-order valence-electron chi connectivity index (χ0n) is 72.3. The first kappa shape index (κ1) is 106. The smallest absolute Gasteiger partial charge is 0.220 e. The van der Waals surface area contributed by atoms with Gasteiger partial charge in [0, 0.05) is 6.42 Å². The van der Waals surface area contributed by atoms with Crippen molar-refractivity contribution in [2.24, 2.45) is 0 Å². The van der Waals surface area contributed by atoms with Gasteiger partial charge in [-0.05, 0) is 83.5 Å². The first-order valence-corrected chi connectivity index (χ1v) is 47.0. The number of aliphatic hydroxyl groups is 11. The summed E-state index contributed by atoms with van der Waals surface area (Å²) in [6.07, 6.45) is 77.1. The molecule has 115 heavy (non-hydrogen) atoms. The maximum absolute atomic E-state index is 13.5. The third kappa shape index (κ3) is 52.6. The monoisotopic (exact) mass is 1630 g/mol. The minimum absolute atomic E-state index is 0.235. The Morgan fingerprint density at radius 2 is 0.609 bits per heavy atom. The van der Waals surface area contributed by atoms with E-state index < -0.39 is 124 Å². The molecule has 0 spiro atoms. The van der Waals surface area contributed by atoms with E-state index in [1.807, 2.05) is 6.08 Å². The number of amides is 1. The summed E-state index contributed by atoms with van der Waals surface area (Å²) in [5, 5.41) is 121. The molecule has 668 valence electrons. The van der Waals surface area contributed by atoms with E-state index in [2.05, 4.69) is 104 Å². The molecule has 0 radical (unpaired) electrons. The fourth-order valence-corrected chi connectivity index (χ4v) is 15.5. The number of allylic oxidation sites excluding steroid dienone is 15. The topological polar surface area (TPSA) is 307 Å². The van der Waals surface area contributed by atoms with E-state index in [4.69, 9.17) is 28.4 Å². The summed E-state index contributed by atoms with van der Waals surface area (Å²) < 4.78 is 34.5. The summed E-state index contributed by atoms with van der Waals surface area (Å²) in [4.78, 5) is 13.5. The first-order valence-electron chi connectivity index (χ1n) is 47.0. The van der Waals surface area contributed by atoms with E-state index in [0.29, 0.717) is 12.8 Å². The second-order valence-corrected chi connectivity index (χ2v) is 33.1. The Morgan fingerprint density at radius 1 is 0.322 bits per heavy atom. The van der Waals surface area contributed by atoms with Crippen molar-refractivity contribution in [1.29, 1.82) is 0 Å². The third-order valence-corrected chi connectivity index (χ3v) is 22.9. The number of rotatable bonds is 76. The quantitative estimate of drug-likeness (QED) is 0.0199. The van der Waals surface area contributed by atoms with Crippen molar-refractivity contribution in [1.82, 2.24) is 5.32 Å². The molecule has 19 nitrogen and oxygen atoms in total. The zero-order valence-corrected chi connectivity index (χ0v) is 72.3. The standard InChI is InChI=1S/C96H171NO18/c1-3-5-7-9-11-13-15-17-19-21-23-25-27-29-31-33-35-36-37-38-39-40-41-42-44-46-48-50-52-54-56-58-60-62-64-66-68-70-72-74-84(102)97-79(80(101)73-71-69-67-65-63-61-59-57-55-53-51-49-47-45-43-34-32-30-28-26-24-22-20-18-16-14-12-10-8-6-4-2)78-110-94-90(108)87(105)92(82(76-99)112-94)115-96-91(109)88(106)93(83(77-100)113-96)114-95-89(107)86(104)85(103)81(75-98)111-95/h5,7,11,13,17,19,23,25,29,31,35-36,63,65,71,73,79-83,85-96,98-101,103-109H,3-4,6,8-10,12,14-16,18,20-22,24,26-28,30,32-34,37-62,64,66-70,72,74-78H2,1-2H3,(H,97,102)/b7-5-,13-11-,19-17-,25-23-,31-29-,36-35-,65-63+,73-71+. The van der Waals surface area contributed by atoms with Gasteiger partial charge < -0.3 is 89.9 Å². The summed E-state index contributed by atoms with van der Waals surface area (Å²) in [5.41, 5.74) is 0. The van der Waals surface area contributed by atoms with Crippen LogP contribution in [0.4, 0.5) is 0 Å². The minimum atomic E-state index is -1.98. The normalized spacial score (nSPS) is 25.0. The average Bonchev–Trinajstić information content (AvgIpc) is 0.779. The van der Waals surface area contributed by atoms with Crippen LogP contribution < -0.4 is 5.32 Å². The summed E-state index contributed by atoms with van der Waals surface area (Å²) in [6.45, 7) is 1.66. The van der Waals surface area contributed by atoms with Crippen LogP contribution in [0.1, 0.15) is 373 Å². The molecule has 3 saturated heterocycles. The van der Waals surface area contributed by atoms with E-state index in [-0.39, 0.29) is 18.9 Å².